The number of aryl methyl sites for hydroxylation is 1. The van der Waals surface area contributed by atoms with E-state index in [4.69, 9.17) is 0 Å². The number of nitrogens with one attached hydrogen (secondary N) is 2. The van der Waals surface area contributed by atoms with Gasteiger partial charge in [0.05, 0.1) is 10.9 Å². The van der Waals surface area contributed by atoms with Crippen LogP contribution in [-0.2, 0) is 21.2 Å². The van der Waals surface area contributed by atoms with Gasteiger partial charge in [-0.05, 0) is 49.4 Å². The molecule has 28 heavy (non-hydrogen) atoms. The van der Waals surface area contributed by atoms with Gasteiger partial charge >= 0.3 is 0 Å². The molecule has 6 nitrogen and oxygen atoms in total. The first-order valence-electron chi connectivity index (χ1n) is 9.04. The van der Waals surface area contributed by atoms with Crippen molar-refractivity contribution < 1.29 is 13.2 Å². The molecule has 0 spiro atoms. The molecular weight excluding hydrogens is 374 g/mol. The molecule has 1 aromatic heterocycles. The predicted molar refractivity (Wildman–Crippen MR) is 109 cm³/mol. The molecule has 0 saturated heterocycles. The number of aromatic nitrogens is 1. The fourth-order valence-electron chi connectivity index (χ4n) is 2.93. The third-order valence-corrected chi connectivity index (χ3v) is 5.98. The average molecular weight is 398 g/mol. The van der Waals surface area contributed by atoms with Crippen LogP contribution >= 0.6 is 0 Å². The number of benzene rings is 2. The second-order valence-corrected chi connectivity index (χ2v) is 8.47. The lowest BCUT2D eigenvalue weighted by molar-refractivity contribution is -0.122. The first-order chi connectivity index (χ1) is 13.3. The van der Waals surface area contributed by atoms with Crippen molar-refractivity contribution in [1.29, 1.82) is 0 Å². The van der Waals surface area contributed by atoms with Crippen LogP contribution in [0.25, 0.3) is 10.8 Å². The third kappa shape index (κ3) is 4.94. The van der Waals surface area contributed by atoms with Gasteiger partial charge in [-0.25, -0.2) is 8.42 Å². The summed E-state index contributed by atoms with van der Waals surface area (Å²) in [5.74, 6) is -0.360. The maximum Gasteiger partial charge on any atom is 0.241 e. The van der Waals surface area contributed by atoms with E-state index in [-0.39, 0.29) is 10.8 Å². The lowest BCUT2D eigenvalue weighted by Gasteiger charge is -2.15. The van der Waals surface area contributed by atoms with E-state index in [1.165, 1.54) is 13.0 Å². The highest BCUT2D eigenvalue weighted by atomic mass is 32.2. The van der Waals surface area contributed by atoms with Crippen LogP contribution in [0.1, 0.15) is 18.1 Å². The minimum atomic E-state index is -3.81. The zero-order chi connectivity index (χ0) is 20.1. The first-order valence-corrected chi connectivity index (χ1v) is 10.5. The fourth-order valence-corrected chi connectivity index (χ4v) is 4.17. The second kappa shape index (κ2) is 8.50. The van der Waals surface area contributed by atoms with Crippen molar-refractivity contribution in [3.05, 3.63) is 72.1 Å². The van der Waals surface area contributed by atoms with Gasteiger partial charge in [-0.2, -0.15) is 4.72 Å². The topological polar surface area (TPSA) is 88.2 Å². The van der Waals surface area contributed by atoms with Crippen LogP contribution in [-0.4, -0.2) is 31.9 Å². The molecule has 0 radical (unpaired) electrons. The van der Waals surface area contributed by atoms with E-state index in [2.05, 4.69) is 21.1 Å². The van der Waals surface area contributed by atoms with Crippen molar-refractivity contribution in [3.63, 3.8) is 0 Å². The Morgan fingerprint density at radius 3 is 2.71 bits per heavy atom. The Kier molecular flexibility index (Phi) is 6.06. The molecular formula is C21H23N3O3S. The smallest absolute Gasteiger partial charge is 0.241 e. The van der Waals surface area contributed by atoms with Gasteiger partial charge in [-0.15, -0.1) is 0 Å². The molecule has 2 N–H and O–H groups in total. The van der Waals surface area contributed by atoms with Crippen LogP contribution in [0.2, 0.25) is 0 Å². The zero-order valence-corrected chi connectivity index (χ0v) is 16.7. The van der Waals surface area contributed by atoms with Crippen LogP contribution in [0.4, 0.5) is 0 Å². The van der Waals surface area contributed by atoms with E-state index in [0.29, 0.717) is 13.0 Å². The zero-order valence-electron chi connectivity index (χ0n) is 15.8. The van der Waals surface area contributed by atoms with E-state index in [1.807, 2.05) is 25.1 Å². The molecule has 3 aromatic rings. The van der Waals surface area contributed by atoms with Crippen molar-refractivity contribution in [2.75, 3.05) is 6.54 Å². The van der Waals surface area contributed by atoms with Crippen molar-refractivity contribution in [2.24, 2.45) is 0 Å². The largest absolute Gasteiger partial charge is 0.354 e. The lowest BCUT2D eigenvalue weighted by atomic mass is 10.1. The summed E-state index contributed by atoms with van der Waals surface area (Å²) in [6.45, 7) is 3.99. The van der Waals surface area contributed by atoms with Gasteiger partial charge in [0.15, 0.2) is 0 Å². The van der Waals surface area contributed by atoms with Gasteiger partial charge in [-0.3, -0.25) is 9.78 Å². The highest BCUT2D eigenvalue weighted by Gasteiger charge is 2.22. The predicted octanol–water partition coefficient (Wildman–Crippen LogP) is 2.57. The Bertz CT molecular complexity index is 1100. The number of rotatable bonds is 7. The van der Waals surface area contributed by atoms with Crippen molar-refractivity contribution in [1.82, 2.24) is 15.0 Å². The molecule has 3 rings (SSSR count). The number of sulfonamides is 1. The third-order valence-electron chi connectivity index (χ3n) is 4.44. The molecule has 1 atom stereocenters. The number of hydrogen-bond donors (Lipinski definition) is 2. The highest BCUT2D eigenvalue weighted by Crippen LogP contribution is 2.18. The Hall–Kier alpha value is -2.77. The summed E-state index contributed by atoms with van der Waals surface area (Å²) < 4.78 is 27.7. The van der Waals surface area contributed by atoms with E-state index in [9.17, 15) is 13.2 Å². The molecule has 1 amide bonds. The summed E-state index contributed by atoms with van der Waals surface area (Å²) >= 11 is 0. The second-order valence-electron chi connectivity index (χ2n) is 6.76. The van der Waals surface area contributed by atoms with Gasteiger partial charge < -0.3 is 5.32 Å². The summed E-state index contributed by atoms with van der Waals surface area (Å²) in [5.41, 5.74) is 2.29. The molecule has 2 aromatic carbocycles. The number of amides is 1. The Balaban J connectivity index is 1.60. The molecule has 0 aliphatic carbocycles. The minimum absolute atomic E-state index is 0.116. The Labute approximate surface area is 165 Å². The number of pyridine rings is 1. The number of carbonyl (C=O) groups excluding carboxylic acids is 1. The maximum atomic E-state index is 12.6. The maximum absolute atomic E-state index is 12.6. The Morgan fingerprint density at radius 1 is 1.11 bits per heavy atom. The summed E-state index contributed by atoms with van der Waals surface area (Å²) in [6, 6.07) is 13.7. The highest BCUT2D eigenvalue weighted by molar-refractivity contribution is 7.89. The fraction of sp³-hybridized carbons (Fsp3) is 0.238. The molecule has 0 saturated carbocycles. The van der Waals surface area contributed by atoms with E-state index < -0.39 is 16.1 Å². The molecule has 0 bridgehead atoms. The van der Waals surface area contributed by atoms with Crippen molar-refractivity contribution in [2.45, 2.75) is 31.2 Å². The van der Waals surface area contributed by atoms with Gasteiger partial charge in [-0.1, -0.05) is 35.9 Å². The molecule has 0 aliphatic heterocycles. The molecule has 0 fully saturated rings. The summed E-state index contributed by atoms with van der Waals surface area (Å²) in [6.07, 6.45) is 3.96. The van der Waals surface area contributed by atoms with E-state index in [1.54, 1.807) is 30.6 Å². The van der Waals surface area contributed by atoms with Gasteiger partial charge in [0.2, 0.25) is 15.9 Å². The van der Waals surface area contributed by atoms with Gasteiger partial charge in [0.25, 0.3) is 0 Å². The van der Waals surface area contributed by atoms with E-state index >= 15 is 0 Å². The summed E-state index contributed by atoms with van der Waals surface area (Å²) in [5, 5.41) is 4.40. The quantitative estimate of drug-likeness (QED) is 0.641. The summed E-state index contributed by atoms with van der Waals surface area (Å²) in [4.78, 5) is 16.4. The van der Waals surface area contributed by atoms with E-state index in [0.717, 1.165) is 21.9 Å². The van der Waals surface area contributed by atoms with Crippen LogP contribution in [0.3, 0.4) is 0 Å². The van der Waals surface area contributed by atoms with Gasteiger partial charge in [0.1, 0.15) is 0 Å². The summed E-state index contributed by atoms with van der Waals surface area (Å²) in [7, 11) is -3.81. The SMILES string of the molecule is Cc1cccc(CCNC(=O)C(C)NS(=O)(=O)c2ccc3cnccc3c2)c1. The van der Waals surface area contributed by atoms with Crippen LogP contribution in [0.5, 0.6) is 0 Å². The first kappa shape index (κ1) is 20.0. The molecule has 1 unspecified atom stereocenters. The lowest BCUT2D eigenvalue weighted by Crippen LogP contribution is -2.45. The van der Waals surface area contributed by atoms with Crippen molar-refractivity contribution in [3.8, 4) is 0 Å². The normalized spacial score (nSPS) is 12.6. The standard InChI is InChI=1S/C21H23N3O3S/c1-15-4-3-5-17(12-15)8-11-23-21(25)16(2)24-28(26,27)20-7-6-19-14-22-10-9-18(19)13-20/h3-7,9-10,12-14,16,24H,8,11H2,1-2H3,(H,23,25). The van der Waals surface area contributed by atoms with Gasteiger partial charge in [0, 0.05) is 24.3 Å². The number of hydrogen-bond acceptors (Lipinski definition) is 4. The number of carbonyl (C=O) groups is 1. The van der Waals surface area contributed by atoms with Crippen LogP contribution in [0.15, 0.2) is 65.8 Å². The number of fused-ring (bicyclic) bond motifs is 1. The molecule has 7 heteroatoms. The molecule has 146 valence electrons. The van der Waals surface area contributed by atoms with Crippen LogP contribution in [0, 0.1) is 6.92 Å². The average Bonchev–Trinajstić information content (AvgIpc) is 2.67. The van der Waals surface area contributed by atoms with Crippen molar-refractivity contribution >= 4 is 26.7 Å². The monoisotopic (exact) mass is 397 g/mol. The molecule has 0 aliphatic rings. The Morgan fingerprint density at radius 2 is 1.93 bits per heavy atom. The van der Waals surface area contributed by atoms with Crippen LogP contribution < -0.4 is 10.0 Å². The minimum Gasteiger partial charge on any atom is -0.354 e. The molecule has 1 heterocycles. The number of nitrogens with zero attached hydrogens (tertiary/aromatic N) is 1.